The maximum Gasteiger partial charge on any atom is 0.244 e. The largest absolute Gasteiger partial charge is 0.350 e. The highest BCUT2D eigenvalue weighted by atomic mass is 32.2. The molecule has 220 valence electrons. The number of anilines is 1. The molecule has 0 unspecified atom stereocenters. The molecule has 4 aromatic rings. The quantitative estimate of drug-likeness (QED) is 0.268. The monoisotopic (exact) mass is 585 g/mol. The Morgan fingerprint density at radius 2 is 1.43 bits per heavy atom. The Morgan fingerprint density at radius 3 is 2.07 bits per heavy atom. The molecule has 0 radical (unpaired) electrons. The van der Waals surface area contributed by atoms with Crippen LogP contribution >= 0.6 is 0 Å². The first-order valence-electron chi connectivity index (χ1n) is 14.0. The molecule has 0 aliphatic rings. The summed E-state index contributed by atoms with van der Waals surface area (Å²) in [4.78, 5) is 29.7. The van der Waals surface area contributed by atoms with E-state index in [1.807, 2.05) is 113 Å². The van der Waals surface area contributed by atoms with Gasteiger partial charge >= 0.3 is 0 Å². The van der Waals surface area contributed by atoms with Crippen molar-refractivity contribution in [3.63, 3.8) is 0 Å². The molecule has 0 heterocycles. The van der Waals surface area contributed by atoms with Crippen LogP contribution in [0, 0.1) is 6.92 Å². The van der Waals surface area contributed by atoms with E-state index in [9.17, 15) is 18.0 Å². The summed E-state index contributed by atoms with van der Waals surface area (Å²) < 4.78 is 27.5. The summed E-state index contributed by atoms with van der Waals surface area (Å²) in [5.74, 6) is -0.776. The lowest BCUT2D eigenvalue weighted by atomic mass is 10.0. The van der Waals surface area contributed by atoms with Gasteiger partial charge in [0.25, 0.3) is 0 Å². The number of hydrogen-bond donors (Lipinski definition) is 1. The number of fused-ring (bicyclic) bond motifs is 1. The maximum absolute atomic E-state index is 14.3. The molecule has 7 nitrogen and oxygen atoms in total. The summed E-state index contributed by atoms with van der Waals surface area (Å²) >= 11 is 0. The maximum atomic E-state index is 14.3. The fraction of sp³-hybridized carbons (Fsp3) is 0.294. The van der Waals surface area contributed by atoms with Gasteiger partial charge in [-0.1, -0.05) is 96.6 Å². The second-order valence-electron chi connectivity index (χ2n) is 11.7. The van der Waals surface area contributed by atoms with Crippen molar-refractivity contribution in [2.45, 2.75) is 52.2 Å². The molecule has 0 saturated carbocycles. The van der Waals surface area contributed by atoms with Crippen LogP contribution in [0.15, 0.2) is 97.1 Å². The van der Waals surface area contributed by atoms with E-state index >= 15 is 0 Å². The molecule has 0 aliphatic heterocycles. The molecule has 0 fully saturated rings. The van der Waals surface area contributed by atoms with Gasteiger partial charge in [0.2, 0.25) is 21.8 Å². The number of carbonyl (C=O) groups is 2. The number of hydrogen-bond acceptors (Lipinski definition) is 4. The van der Waals surface area contributed by atoms with Gasteiger partial charge in [-0.2, -0.15) is 0 Å². The molecule has 0 aliphatic carbocycles. The van der Waals surface area contributed by atoms with Gasteiger partial charge in [-0.3, -0.25) is 13.9 Å². The Morgan fingerprint density at radius 1 is 0.810 bits per heavy atom. The zero-order valence-corrected chi connectivity index (χ0v) is 25.7. The minimum absolute atomic E-state index is 0.140. The fourth-order valence-corrected chi connectivity index (χ4v) is 5.78. The van der Waals surface area contributed by atoms with Crippen molar-refractivity contribution < 1.29 is 18.0 Å². The van der Waals surface area contributed by atoms with Gasteiger partial charge in [0, 0.05) is 23.9 Å². The summed E-state index contributed by atoms with van der Waals surface area (Å²) in [6.07, 6.45) is 1.37. The van der Waals surface area contributed by atoms with Gasteiger partial charge in [0.05, 0.1) is 11.9 Å². The van der Waals surface area contributed by atoms with E-state index in [2.05, 4.69) is 5.32 Å². The van der Waals surface area contributed by atoms with Gasteiger partial charge in [-0.15, -0.1) is 0 Å². The third-order valence-corrected chi connectivity index (χ3v) is 8.08. The van der Waals surface area contributed by atoms with Gasteiger partial charge in [0.15, 0.2) is 0 Å². The highest BCUT2D eigenvalue weighted by Gasteiger charge is 2.34. The number of amides is 2. The van der Waals surface area contributed by atoms with Crippen LogP contribution in [-0.4, -0.2) is 49.5 Å². The van der Waals surface area contributed by atoms with E-state index in [4.69, 9.17) is 0 Å². The van der Waals surface area contributed by atoms with Gasteiger partial charge in [0.1, 0.15) is 12.6 Å². The Kier molecular flexibility index (Phi) is 9.36. The molecule has 0 spiro atoms. The number of nitrogens with zero attached hydrogens (tertiary/aromatic N) is 2. The Labute approximate surface area is 249 Å². The van der Waals surface area contributed by atoms with E-state index in [-0.39, 0.29) is 18.9 Å². The van der Waals surface area contributed by atoms with Crippen molar-refractivity contribution in [3.05, 3.63) is 114 Å². The standard InChI is InChI=1S/C34H39N3O4S/c1-25-18-20-27(21-19-25)23-36(31(33(39)35-34(2,3)4)22-26-12-7-6-8-13-26)32(38)24-37(42(5,40)41)30-17-11-15-28-14-9-10-16-29(28)30/h6-21,31H,22-24H2,1-5H3,(H,35,39)/t31-/m0/s1. The lowest BCUT2D eigenvalue weighted by molar-refractivity contribution is -0.140. The summed E-state index contributed by atoms with van der Waals surface area (Å²) in [7, 11) is -3.86. The molecule has 1 atom stereocenters. The van der Waals surface area contributed by atoms with E-state index in [0.717, 1.165) is 38.0 Å². The molecular formula is C34H39N3O4S. The number of sulfonamides is 1. The SMILES string of the molecule is Cc1ccc(CN(C(=O)CN(c2cccc3ccccc23)S(C)(=O)=O)[C@@H](Cc2ccccc2)C(=O)NC(C)(C)C)cc1. The zero-order valence-electron chi connectivity index (χ0n) is 24.9. The topological polar surface area (TPSA) is 86.8 Å². The van der Waals surface area contributed by atoms with E-state index in [1.54, 1.807) is 12.1 Å². The second kappa shape index (κ2) is 12.8. The average Bonchev–Trinajstić information content (AvgIpc) is 2.93. The van der Waals surface area contributed by atoms with Crippen LogP contribution in [-0.2, 0) is 32.6 Å². The summed E-state index contributed by atoms with van der Waals surface area (Å²) in [6.45, 7) is 7.34. The zero-order chi connectivity index (χ0) is 30.5. The van der Waals surface area contributed by atoms with E-state index < -0.39 is 34.1 Å². The molecule has 42 heavy (non-hydrogen) atoms. The molecule has 0 bridgehead atoms. The van der Waals surface area contributed by atoms with Crippen molar-refractivity contribution >= 4 is 38.3 Å². The third kappa shape index (κ3) is 7.97. The number of nitrogens with one attached hydrogen (secondary N) is 1. The van der Waals surface area contributed by atoms with E-state index in [1.165, 1.54) is 4.90 Å². The van der Waals surface area contributed by atoms with Crippen LogP contribution in [0.5, 0.6) is 0 Å². The van der Waals surface area contributed by atoms with Crippen LogP contribution in [0.1, 0.15) is 37.5 Å². The smallest absolute Gasteiger partial charge is 0.244 e. The number of benzene rings is 4. The Bertz CT molecular complexity index is 1640. The predicted octanol–water partition coefficient (Wildman–Crippen LogP) is 5.47. The second-order valence-corrected chi connectivity index (χ2v) is 13.6. The normalized spacial score (nSPS) is 12.5. The number of rotatable bonds is 10. The van der Waals surface area contributed by atoms with Crippen molar-refractivity contribution in [2.24, 2.45) is 0 Å². The highest BCUT2D eigenvalue weighted by molar-refractivity contribution is 7.92. The van der Waals surface area contributed by atoms with Gasteiger partial charge in [-0.05, 0) is 50.3 Å². The van der Waals surface area contributed by atoms with Crippen LogP contribution in [0.4, 0.5) is 5.69 Å². The van der Waals surface area contributed by atoms with Crippen LogP contribution in [0.3, 0.4) is 0 Å². The van der Waals surface area contributed by atoms with Crippen LogP contribution < -0.4 is 9.62 Å². The molecule has 1 N–H and O–H groups in total. The van der Waals surface area contributed by atoms with Gasteiger partial charge in [-0.25, -0.2) is 8.42 Å². The molecule has 2 amide bonds. The lowest BCUT2D eigenvalue weighted by Crippen LogP contribution is -2.56. The minimum atomic E-state index is -3.86. The minimum Gasteiger partial charge on any atom is -0.350 e. The Balaban J connectivity index is 1.79. The van der Waals surface area contributed by atoms with Crippen molar-refractivity contribution in [2.75, 3.05) is 17.1 Å². The summed E-state index contributed by atoms with van der Waals surface area (Å²) in [6, 6.07) is 29.3. The molecule has 4 rings (SSSR count). The van der Waals surface area contributed by atoms with Crippen LogP contribution in [0.2, 0.25) is 0 Å². The molecular weight excluding hydrogens is 546 g/mol. The highest BCUT2D eigenvalue weighted by Crippen LogP contribution is 2.29. The van der Waals surface area contributed by atoms with Crippen molar-refractivity contribution in [3.8, 4) is 0 Å². The van der Waals surface area contributed by atoms with Crippen molar-refractivity contribution in [1.82, 2.24) is 10.2 Å². The molecule has 4 aromatic carbocycles. The lowest BCUT2D eigenvalue weighted by Gasteiger charge is -2.35. The average molecular weight is 586 g/mol. The van der Waals surface area contributed by atoms with Gasteiger partial charge < -0.3 is 10.2 Å². The first kappa shape index (κ1) is 30.8. The van der Waals surface area contributed by atoms with Crippen LogP contribution in [0.25, 0.3) is 10.8 Å². The third-order valence-electron chi connectivity index (χ3n) is 6.96. The predicted molar refractivity (Wildman–Crippen MR) is 170 cm³/mol. The fourth-order valence-electron chi connectivity index (χ4n) is 4.92. The first-order valence-corrected chi connectivity index (χ1v) is 15.8. The summed E-state index contributed by atoms with van der Waals surface area (Å²) in [5.41, 5.74) is 2.68. The number of aryl methyl sites for hydroxylation is 1. The molecule has 0 saturated heterocycles. The van der Waals surface area contributed by atoms with Crippen molar-refractivity contribution in [1.29, 1.82) is 0 Å². The first-order chi connectivity index (χ1) is 19.8. The number of carbonyl (C=O) groups excluding carboxylic acids is 2. The molecule has 8 heteroatoms. The molecule has 0 aromatic heterocycles. The van der Waals surface area contributed by atoms with E-state index in [0.29, 0.717) is 5.69 Å². The summed E-state index contributed by atoms with van der Waals surface area (Å²) in [5, 5.41) is 4.62. The Hall–Kier alpha value is -4.17.